The summed E-state index contributed by atoms with van der Waals surface area (Å²) in [6.45, 7) is 6.36. The predicted molar refractivity (Wildman–Crippen MR) is 105 cm³/mol. The molecule has 0 spiro atoms. The van der Waals surface area contributed by atoms with Crippen molar-refractivity contribution in [1.82, 2.24) is 4.90 Å². The molecule has 0 aliphatic carbocycles. The van der Waals surface area contributed by atoms with E-state index in [0.717, 1.165) is 5.56 Å². The van der Waals surface area contributed by atoms with Crippen LogP contribution < -0.4 is 4.74 Å². The normalized spacial score (nSPS) is 18.9. The van der Waals surface area contributed by atoms with Crippen LogP contribution in [-0.4, -0.2) is 35.4 Å². The number of carbonyl (C=O) groups excluding carboxylic acids is 2. The number of ketones is 1. The number of furan rings is 1. The molecular formula is C22H25NO5. The summed E-state index contributed by atoms with van der Waals surface area (Å²) in [6, 6.07) is 7.91. The molecule has 6 heteroatoms. The maximum atomic E-state index is 12.8. The molecule has 3 rings (SSSR count). The van der Waals surface area contributed by atoms with E-state index in [9.17, 15) is 14.7 Å². The summed E-state index contributed by atoms with van der Waals surface area (Å²) in [5, 5.41) is 11.0. The molecule has 6 nitrogen and oxygen atoms in total. The maximum Gasteiger partial charge on any atom is 0.295 e. The lowest BCUT2D eigenvalue weighted by molar-refractivity contribution is -0.140. The Morgan fingerprint density at radius 1 is 1.29 bits per heavy atom. The molecule has 0 saturated carbocycles. The highest BCUT2D eigenvalue weighted by Crippen LogP contribution is 2.40. The van der Waals surface area contributed by atoms with Crippen molar-refractivity contribution in [3.05, 3.63) is 59.1 Å². The fourth-order valence-electron chi connectivity index (χ4n) is 3.58. The zero-order valence-corrected chi connectivity index (χ0v) is 16.6. The van der Waals surface area contributed by atoms with Gasteiger partial charge in [0.25, 0.3) is 11.7 Å². The van der Waals surface area contributed by atoms with Gasteiger partial charge in [0.1, 0.15) is 23.3 Å². The number of carbonyl (C=O) groups is 2. The van der Waals surface area contributed by atoms with Crippen molar-refractivity contribution < 1.29 is 23.8 Å². The fraction of sp³-hybridized carbons (Fsp3) is 0.364. The van der Waals surface area contributed by atoms with Gasteiger partial charge in [0, 0.05) is 12.1 Å². The Kier molecular flexibility index (Phi) is 5.58. The standard InChI is InChI=1S/C22H25NO5/c1-5-10-23-19(17-7-6-11-28-17)18(21(25)22(23)26)20(24)14-8-9-16(27-4)15(12-14)13(2)3/h6-9,11-13,19,24H,5,10H2,1-4H3/b20-18-. The van der Waals surface area contributed by atoms with E-state index in [-0.39, 0.29) is 17.3 Å². The minimum atomic E-state index is -0.737. The number of nitrogens with zero attached hydrogens (tertiary/aromatic N) is 1. The third-order valence-corrected chi connectivity index (χ3v) is 4.94. The van der Waals surface area contributed by atoms with Gasteiger partial charge in [-0.3, -0.25) is 9.59 Å². The molecule has 1 fully saturated rings. The van der Waals surface area contributed by atoms with Crippen molar-refractivity contribution in [3.63, 3.8) is 0 Å². The van der Waals surface area contributed by atoms with Crippen LogP contribution in [0.2, 0.25) is 0 Å². The summed E-state index contributed by atoms with van der Waals surface area (Å²) in [5.74, 6) is -0.210. The van der Waals surface area contributed by atoms with Gasteiger partial charge in [-0.1, -0.05) is 20.8 Å². The van der Waals surface area contributed by atoms with Gasteiger partial charge in [-0.15, -0.1) is 0 Å². The molecule has 2 heterocycles. The van der Waals surface area contributed by atoms with Crippen molar-refractivity contribution >= 4 is 17.4 Å². The fourth-order valence-corrected chi connectivity index (χ4v) is 3.58. The van der Waals surface area contributed by atoms with E-state index in [0.29, 0.717) is 30.0 Å². The molecule has 0 radical (unpaired) electrons. The highest BCUT2D eigenvalue weighted by atomic mass is 16.5. The van der Waals surface area contributed by atoms with Crippen molar-refractivity contribution in [2.75, 3.05) is 13.7 Å². The van der Waals surface area contributed by atoms with Gasteiger partial charge < -0.3 is 19.2 Å². The number of amides is 1. The lowest BCUT2D eigenvalue weighted by Crippen LogP contribution is -2.30. The third kappa shape index (κ3) is 3.30. The molecular weight excluding hydrogens is 358 g/mol. The van der Waals surface area contributed by atoms with E-state index >= 15 is 0 Å². The first-order valence-electron chi connectivity index (χ1n) is 9.40. The molecule has 1 saturated heterocycles. The van der Waals surface area contributed by atoms with Crippen LogP contribution in [0.15, 0.2) is 46.6 Å². The highest BCUT2D eigenvalue weighted by molar-refractivity contribution is 6.46. The number of aliphatic hydroxyl groups excluding tert-OH is 1. The Bertz CT molecular complexity index is 911. The summed E-state index contributed by atoms with van der Waals surface area (Å²) >= 11 is 0. The Balaban J connectivity index is 2.17. The number of ether oxygens (including phenoxy) is 1. The largest absolute Gasteiger partial charge is 0.507 e. The predicted octanol–water partition coefficient (Wildman–Crippen LogP) is 4.24. The number of likely N-dealkylation sites (tertiary alicyclic amines) is 1. The quantitative estimate of drug-likeness (QED) is 0.458. The molecule has 1 aromatic carbocycles. The van der Waals surface area contributed by atoms with Crippen molar-refractivity contribution in [3.8, 4) is 5.75 Å². The van der Waals surface area contributed by atoms with E-state index in [1.54, 1.807) is 37.4 Å². The molecule has 1 amide bonds. The van der Waals surface area contributed by atoms with Gasteiger partial charge in [-0.05, 0) is 48.2 Å². The molecule has 1 N–H and O–H groups in total. The Labute approximate surface area is 164 Å². The Hall–Kier alpha value is -3.02. The van der Waals surface area contributed by atoms with Gasteiger partial charge in [0.2, 0.25) is 0 Å². The molecule has 0 bridgehead atoms. The second kappa shape index (κ2) is 7.92. The number of methoxy groups -OCH3 is 1. The molecule has 148 valence electrons. The summed E-state index contributed by atoms with van der Waals surface area (Å²) in [6.07, 6.45) is 2.18. The number of rotatable bonds is 6. The zero-order chi connectivity index (χ0) is 20.4. The van der Waals surface area contributed by atoms with Crippen LogP contribution in [0.1, 0.15) is 56.0 Å². The first-order valence-corrected chi connectivity index (χ1v) is 9.40. The van der Waals surface area contributed by atoms with Gasteiger partial charge in [-0.25, -0.2) is 0 Å². The zero-order valence-electron chi connectivity index (χ0n) is 16.6. The van der Waals surface area contributed by atoms with Crippen LogP contribution in [0.3, 0.4) is 0 Å². The first kappa shape index (κ1) is 19.7. The number of aliphatic hydroxyl groups is 1. The number of hydrogen-bond donors (Lipinski definition) is 1. The lowest BCUT2D eigenvalue weighted by Gasteiger charge is -2.22. The van der Waals surface area contributed by atoms with Crippen molar-refractivity contribution in [2.45, 2.75) is 39.2 Å². The van der Waals surface area contributed by atoms with E-state index in [2.05, 4.69) is 0 Å². The molecule has 1 aliphatic heterocycles. The number of hydrogen-bond acceptors (Lipinski definition) is 5. The molecule has 1 aromatic heterocycles. The van der Waals surface area contributed by atoms with Gasteiger partial charge in [0.05, 0.1) is 18.9 Å². The van der Waals surface area contributed by atoms with Crippen LogP contribution in [0.4, 0.5) is 0 Å². The SMILES string of the molecule is CCCN1C(=O)C(=O)/C(=C(\O)c2ccc(OC)c(C(C)C)c2)C1c1ccco1. The third-order valence-electron chi connectivity index (χ3n) is 4.94. The number of Topliss-reactive ketones (excluding diaryl/α,β-unsaturated/α-hetero) is 1. The summed E-state index contributed by atoms with van der Waals surface area (Å²) < 4.78 is 10.9. The topological polar surface area (TPSA) is 80.0 Å². The Morgan fingerprint density at radius 2 is 2.04 bits per heavy atom. The minimum Gasteiger partial charge on any atom is -0.507 e. The summed E-state index contributed by atoms with van der Waals surface area (Å²) in [4.78, 5) is 26.8. The van der Waals surface area contributed by atoms with E-state index in [1.165, 1.54) is 11.2 Å². The van der Waals surface area contributed by atoms with Crippen LogP contribution in [0.5, 0.6) is 5.75 Å². The number of benzene rings is 1. The smallest absolute Gasteiger partial charge is 0.295 e. The monoisotopic (exact) mass is 383 g/mol. The van der Waals surface area contributed by atoms with Gasteiger partial charge in [0.15, 0.2) is 0 Å². The van der Waals surface area contributed by atoms with Gasteiger partial charge in [-0.2, -0.15) is 0 Å². The average Bonchev–Trinajstić information content (AvgIpc) is 3.29. The summed E-state index contributed by atoms with van der Waals surface area (Å²) in [7, 11) is 1.59. The van der Waals surface area contributed by atoms with Gasteiger partial charge >= 0.3 is 0 Å². The molecule has 28 heavy (non-hydrogen) atoms. The molecule has 1 aliphatic rings. The highest BCUT2D eigenvalue weighted by Gasteiger charge is 2.47. The minimum absolute atomic E-state index is 0.0493. The van der Waals surface area contributed by atoms with Crippen molar-refractivity contribution in [2.24, 2.45) is 0 Å². The maximum absolute atomic E-state index is 12.8. The van der Waals surface area contributed by atoms with E-state index < -0.39 is 17.7 Å². The molecule has 1 unspecified atom stereocenters. The first-order chi connectivity index (χ1) is 13.4. The van der Waals surface area contributed by atoms with Crippen LogP contribution in [0, 0.1) is 0 Å². The second-order valence-corrected chi connectivity index (χ2v) is 7.12. The van der Waals surface area contributed by atoms with Crippen molar-refractivity contribution in [1.29, 1.82) is 0 Å². The van der Waals surface area contributed by atoms with E-state index in [1.807, 2.05) is 20.8 Å². The summed E-state index contributed by atoms with van der Waals surface area (Å²) in [5.41, 5.74) is 1.42. The second-order valence-electron chi connectivity index (χ2n) is 7.12. The van der Waals surface area contributed by atoms with Crippen LogP contribution in [0.25, 0.3) is 5.76 Å². The van der Waals surface area contributed by atoms with E-state index in [4.69, 9.17) is 9.15 Å². The average molecular weight is 383 g/mol. The van der Waals surface area contributed by atoms with Crippen LogP contribution >= 0.6 is 0 Å². The molecule has 2 aromatic rings. The lowest BCUT2D eigenvalue weighted by atomic mass is 9.95. The Morgan fingerprint density at radius 3 is 2.61 bits per heavy atom. The van der Waals surface area contributed by atoms with Crippen LogP contribution in [-0.2, 0) is 9.59 Å². The molecule has 1 atom stereocenters.